The van der Waals surface area contributed by atoms with Crippen molar-refractivity contribution in [1.29, 1.82) is 0 Å². The molecule has 3 fully saturated rings. The highest BCUT2D eigenvalue weighted by Gasteiger charge is 2.35. The molecule has 0 radical (unpaired) electrons. The van der Waals surface area contributed by atoms with Crippen molar-refractivity contribution in [2.45, 2.75) is 51.0 Å². The van der Waals surface area contributed by atoms with E-state index in [0.717, 1.165) is 56.8 Å². The van der Waals surface area contributed by atoms with Crippen LogP contribution in [0.4, 0.5) is 0 Å². The number of ether oxygens (including phenoxy) is 1. The topological polar surface area (TPSA) is 83.0 Å². The summed E-state index contributed by atoms with van der Waals surface area (Å²) in [5, 5.41) is 3.24. The van der Waals surface area contributed by atoms with Gasteiger partial charge in [-0.2, -0.15) is 0 Å². The molecule has 0 amide bonds. The second-order valence-corrected chi connectivity index (χ2v) is 9.77. The van der Waals surface area contributed by atoms with Crippen LogP contribution in [0.3, 0.4) is 0 Å². The minimum absolute atomic E-state index is 0.0206. The van der Waals surface area contributed by atoms with Gasteiger partial charge in [-0.1, -0.05) is 12.8 Å². The highest BCUT2D eigenvalue weighted by atomic mass is 32.2. The third-order valence-corrected chi connectivity index (χ3v) is 7.29. The Morgan fingerprint density at radius 1 is 1.12 bits per heavy atom. The Labute approximate surface area is 158 Å². The van der Waals surface area contributed by atoms with Crippen molar-refractivity contribution in [2.24, 2.45) is 16.8 Å². The lowest BCUT2D eigenvalue weighted by Crippen LogP contribution is -2.44. The number of nitrogens with zero attached hydrogens (tertiary/aromatic N) is 2. The van der Waals surface area contributed by atoms with Crippen LogP contribution < -0.4 is 10.0 Å². The Morgan fingerprint density at radius 2 is 1.81 bits per heavy atom. The number of sulfonamides is 1. The van der Waals surface area contributed by atoms with E-state index >= 15 is 0 Å². The lowest BCUT2D eigenvalue weighted by molar-refractivity contribution is 0.0200. The average molecular weight is 387 g/mol. The number of rotatable bonds is 6. The third kappa shape index (κ3) is 5.57. The van der Waals surface area contributed by atoms with E-state index in [1.165, 1.54) is 25.7 Å². The highest BCUT2D eigenvalue weighted by molar-refractivity contribution is 7.89. The van der Waals surface area contributed by atoms with Gasteiger partial charge in [0.25, 0.3) is 0 Å². The van der Waals surface area contributed by atoms with E-state index in [0.29, 0.717) is 13.1 Å². The molecule has 0 aromatic carbocycles. The Hall–Kier alpha value is -0.860. The van der Waals surface area contributed by atoms with Gasteiger partial charge in [-0.15, -0.1) is 0 Å². The minimum Gasteiger partial charge on any atom is -0.377 e. The standard InChI is InChI=1S/C18H34N4O3S/c1-19-18(22-13-15-6-2-3-7-16(15)14-22)20-9-11-26(23,24)21-12-17-8-4-5-10-25-17/h15-17,21H,2-14H2,1H3,(H,19,20). The van der Waals surface area contributed by atoms with Gasteiger partial charge < -0.3 is 15.0 Å². The van der Waals surface area contributed by atoms with Gasteiger partial charge in [0.05, 0.1) is 11.9 Å². The summed E-state index contributed by atoms with van der Waals surface area (Å²) < 4.78 is 32.7. The Kier molecular flexibility index (Phi) is 7.17. The number of hydrogen-bond acceptors (Lipinski definition) is 4. The second kappa shape index (κ2) is 9.37. The number of hydrogen-bond donors (Lipinski definition) is 2. The molecule has 2 heterocycles. The van der Waals surface area contributed by atoms with E-state index < -0.39 is 10.0 Å². The normalized spacial score (nSPS) is 30.3. The lowest BCUT2D eigenvalue weighted by Gasteiger charge is -2.23. The van der Waals surface area contributed by atoms with Crippen LogP contribution >= 0.6 is 0 Å². The Balaban J connectivity index is 1.39. The van der Waals surface area contributed by atoms with Crippen molar-refractivity contribution in [3.63, 3.8) is 0 Å². The van der Waals surface area contributed by atoms with Crippen molar-refractivity contribution in [3.05, 3.63) is 0 Å². The van der Waals surface area contributed by atoms with Crippen molar-refractivity contribution >= 4 is 16.0 Å². The number of aliphatic imine (C=N–C) groups is 1. The van der Waals surface area contributed by atoms with Crippen LogP contribution in [-0.2, 0) is 14.8 Å². The first-order valence-electron chi connectivity index (χ1n) is 10.1. The van der Waals surface area contributed by atoms with E-state index in [2.05, 4.69) is 19.9 Å². The quantitative estimate of drug-likeness (QED) is 0.529. The van der Waals surface area contributed by atoms with Crippen LogP contribution in [-0.4, -0.2) is 71.0 Å². The van der Waals surface area contributed by atoms with Crippen molar-refractivity contribution in [3.8, 4) is 0 Å². The van der Waals surface area contributed by atoms with Crippen molar-refractivity contribution in [2.75, 3.05) is 45.6 Å². The molecule has 1 aliphatic carbocycles. The first kappa shape index (κ1) is 19.9. The molecule has 0 bridgehead atoms. The maximum Gasteiger partial charge on any atom is 0.213 e. The van der Waals surface area contributed by atoms with Gasteiger partial charge in [-0.3, -0.25) is 4.99 Å². The minimum atomic E-state index is -3.30. The number of guanidine groups is 1. The molecule has 1 saturated carbocycles. The molecule has 26 heavy (non-hydrogen) atoms. The van der Waals surface area contributed by atoms with E-state index in [4.69, 9.17) is 4.74 Å². The first-order chi connectivity index (χ1) is 12.6. The first-order valence-corrected chi connectivity index (χ1v) is 11.8. The molecule has 0 aromatic rings. The fraction of sp³-hybridized carbons (Fsp3) is 0.944. The van der Waals surface area contributed by atoms with E-state index in [1.807, 2.05) is 0 Å². The van der Waals surface area contributed by atoms with Crippen LogP contribution in [0.1, 0.15) is 44.9 Å². The summed E-state index contributed by atoms with van der Waals surface area (Å²) in [6.07, 6.45) is 8.47. The molecule has 0 spiro atoms. The molecule has 7 nitrogen and oxygen atoms in total. The van der Waals surface area contributed by atoms with E-state index in [1.54, 1.807) is 7.05 Å². The summed E-state index contributed by atoms with van der Waals surface area (Å²) in [5.41, 5.74) is 0. The van der Waals surface area contributed by atoms with Crippen LogP contribution in [0.5, 0.6) is 0 Å². The number of nitrogens with one attached hydrogen (secondary N) is 2. The van der Waals surface area contributed by atoms with Crippen LogP contribution in [0.15, 0.2) is 4.99 Å². The summed E-state index contributed by atoms with van der Waals surface area (Å²) in [5.74, 6) is 2.45. The molecule has 2 N–H and O–H groups in total. The molecule has 3 rings (SSSR count). The number of fused-ring (bicyclic) bond motifs is 1. The molecule has 150 valence electrons. The summed E-state index contributed by atoms with van der Waals surface area (Å²) >= 11 is 0. The monoisotopic (exact) mass is 386 g/mol. The predicted molar refractivity (Wildman–Crippen MR) is 104 cm³/mol. The van der Waals surface area contributed by atoms with Crippen molar-refractivity contribution < 1.29 is 13.2 Å². The zero-order valence-electron chi connectivity index (χ0n) is 16.0. The summed E-state index contributed by atoms with van der Waals surface area (Å²) in [7, 11) is -1.52. The van der Waals surface area contributed by atoms with Crippen LogP contribution in [0, 0.1) is 11.8 Å². The fourth-order valence-electron chi connectivity index (χ4n) is 4.47. The summed E-state index contributed by atoms with van der Waals surface area (Å²) in [6, 6.07) is 0. The smallest absolute Gasteiger partial charge is 0.213 e. The molecule has 2 aliphatic heterocycles. The molecule has 0 aromatic heterocycles. The maximum atomic E-state index is 12.2. The predicted octanol–water partition coefficient (Wildman–Crippen LogP) is 1.17. The Morgan fingerprint density at radius 3 is 2.42 bits per heavy atom. The Bertz CT molecular complexity index is 561. The van der Waals surface area contributed by atoms with Gasteiger partial charge in [-0.25, -0.2) is 13.1 Å². The third-order valence-electron chi connectivity index (χ3n) is 5.95. The zero-order valence-corrected chi connectivity index (χ0v) is 16.8. The highest BCUT2D eigenvalue weighted by Crippen LogP contribution is 2.35. The maximum absolute atomic E-state index is 12.2. The molecule has 3 aliphatic rings. The molecule has 3 unspecified atom stereocenters. The lowest BCUT2D eigenvalue weighted by atomic mass is 9.82. The SMILES string of the molecule is CN=C(NCCS(=O)(=O)NCC1CCCCO1)N1CC2CCCCC2C1. The van der Waals surface area contributed by atoms with Crippen molar-refractivity contribution in [1.82, 2.24) is 14.9 Å². The van der Waals surface area contributed by atoms with Gasteiger partial charge in [0.1, 0.15) is 0 Å². The van der Waals surface area contributed by atoms with E-state index in [-0.39, 0.29) is 11.9 Å². The zero-order chi connectivity index (χ0) is 18.4. The molecule has 3 atom stereocenters. The summed E-state index contributed by atoms with van der Waals surface area (Å²) in [6.45, 7) is 3.59. The molecular weight excluding hydrogens is 352 g/mol. The molecule has 2 saturated heterocycles. The van der Waals surface area contributed by atoms with Gasteiger partial charge in [0.2, 0.25) is 10.0 Å². The largest absolute Gasteiger partial charge is 0.377 e. The van der Waals surface area contributed by atoms with Crippen LogP contribution in [0.2, 0.25) is 0 Å². The van der Waals surface area contributed by atoms with Gasteiger partial charge >= 0.3 is 0 Å². The van der Waals surface area contributed by atoms with Gasteiger partial charge in [-0.05, 0) is 43.9 Å². The second-order valence-electron chi connectivity index (χ2n) is 7.84. The van der Waals surface area contributed by atoms with E-state index in [9.17, 15) is 8.42 Å². The fourth-order valence-corrected chi connectivity index (χ4v) is 5.42. The van der Waals surface area contributed by atoms with Crippen LogP contribution in [0.25, 0.3) is 0 Å². The molecular formula is C18H34N4O3S. The average Bonchev–Trinajstić information content (AvgIpc) is 3.08. The van der Waals surface area contributed by atoms with Gasteiger partial charge in [0, 0.05) is 39.8 Å². The molecule has 8 heteroatoms. The number of likely N-dealkylation sites (tertiary alicyclic amines) is 1. The van der Waals surface area contributed by atoms with Gasteiger partial charge in [0.15, 0.2) is 5.96 Å². The summed E-state index contributed by atoms with van der Waals surface area (Å²) in [4.78, 5) is 6.67.